The van der Waals surface area contributed by atoms with Gasteiger partial charge in [0.05, 0.1) is 10.2 Å². The van der Waals surface area contributed by atoms with Crippen LogP contribution in [0.4, 0.5) is 0 Å². The number of nitrogens with one attached hydrogen (secondary N) is 1. The van der Waals surface area contributed by atoms with Crippen LogP contribution >= 0.6 is 15.9 Å². The molecule has 0 amide bonds. The summed E-state index contributed by atoms with van der Waals surface area (Å²) < 4.78 is 12.0. The van der Waals surface area contributed by atoms with Gasteiger partial charge in [-0.3, -0.25) is 0 Å². The Morgan fingerprint density at radius 2 is 2.30 bits per heavy atom. The van der Waals surface area contributed by atoms with Crippen LogP contribution in [0.5, 0.6) is 5.75 Å². The van der Waals surface area contributed by atoms with Gasteiger partial charge in [0, 0.05) is 24.2 Å². The molecule has 1 aromatic carbocycles. The number of hydrogen-bond acceptors (Lipinski definition) is 4. The van der Waals surface area contributed by atoms with Gasteiger partial charge in [0.15, 0.2) is 5.76 Å². The monoisotopic (exact) mass is 336 g/mol. The van der Waals surface area contributed by atoms with Gasteiger partial charge in [-0.2, -0.15) is 0 Å². The first kappa shape index (κ1) is 13.6. The predicted molar refractivity (Wildman–Crippen MR) is 79.6 cm³/mol. The van der Waals surface area contributed by atoms with E-state index in [2.05, 4.69) is 32.5 Å². The lowest BCUT2D eigenvalue weighted by atomic mass is 10.2. The minimum absolute atomic E-state index is 0.389. The third-order valence-electron chi connectivity index (χ3n) is 3.24. The molecule has 1 saturated carbocycles. The molecular formula is C15H17BrN2O2. The van der Waals surface area contributed by atoms with Gasteiger partial charge >= 0.3 is 0 Å². The van der Waals surface area contributed by atoms with Gasteiger partial charge in [0.1, 0.15) is 12.4 Å². The first-order chi connectivity index (χ1) is 9.72. The summed E-state index contributed by atoms with van der Waals surface area (Å²) in [7, 11) is 0. The molecular weight excluding hydrogens is 320 g/mol. The maximum atomic E-state index is 5.90. The number of hydrogen-bond donors (Lipinski definition) is 1. The van der Waals surface area contributed by atoms with Crippen LogP contribution in [0, 0.1) is 6.92 Å². The zero-order chi connectivity index (χ0) is 13.9. The summed E-state index contributed by atoms with van der Waals surface area (Å²) in [5.74, 6) is 1.61. The summed E-state index contributed by atoms with van der Waals surface area (Å²) in [6, 6.07) is 8.67. The summed E-state index contributed by atoms with van der Waals surface area (Å²) in [5, 5.41) is 7.37. The molecule has 0 bridgehead atoms. The molecule has 0 aliphatic heterocycles. The number of ether oxygens (including phenoxy) is 1. The zero-order valence-corrected chi connectivity index (χ0v) is 12.9. The van der Waals surface area contributed by atoms with Crippen LogP contribution in [-0.4, -0.2) is 11.2 Å². The topological polar surface area (TPSA) is 47.3 Å². The third-order valence-corrected chi connectivity index (χ3v) is 3.87. The van der Waals surface area contributed by atoms with Crippen molar-refractivity contribution in [1.82, 2.24) is 10.5 Å². The van der Waals surface area contributed by atoms with E-state index in [9.17, 15) is 0 Å². The van der Waals surface area contributed by atoms with Gasteiger partial charge in [0.25, 0.3) is 0 Å². The lowest BCUT2D eigenvalue weighted by Gasteiger charge is -2.13. The molecule has 2 aromatic rings. The third kappa shape index (κ3) is 3.41. The molecule has 5 heteroatoms. The Labute approximate surface area is 126 Å². The summed E-state index contributed by atoms with van der Waals surface area (Å²) in [4.78, 5) is 0. The minimum Gasteiger partial charge on any atom is -0.484 e. The highest BCUT2D eigenvalue weighted by Gasteiger charge is 2.21. The molecule has 1 N–H and O–H groups in total. The van der Waals surface area contributed by atoms with Crippen molar-refractivity contribution in [1.29, 1.82) is 0 Å². The van der Waals surface area contributed by atoms with Crippen molar-refractivity contribution in [2.45, 2.75) is 39.0 Å². The molecule has 0 atom stereocenters. The largest absolute Gasteiger partial charge is 0.484 e. The Morgan fingerprint density at radius 1 is 1.45 bits per heavy atom. The Balaban J connectivity index is 1.69. The molecule has 106 valence electrons. The smallest absolute Gasteiger partial charge is 0.174 e. The summed E-state index contributed by atoms with van der Waals surface area (Å²) >= 11 is 3.55. The van der Waals surface area contributed by atoms with Gasteiger partial charge in [-0.1, -0.05) is 17.3 Å². The summed E-state index contributed by atoms with van der Waals surface area (Å²) in [6.45, 7) is 3.12. The quantitative estimate of drug-likeness (QED) is 0.875. The molecule has 1 aliphatic rings. The standard InChI is InChI=1S/C15H17BrN2O2/c1-10-7-13(20-18-10)9-19-15-11(3-2-4-14(15)16)8-17-12-5-6-12/h2-4,7,12,17H,5-6,8-9H2,1H3. The first-order valence-corrected chi connectivity index (χ1v) is 7.57. The molecule has 1 aliphatic carbocycles. The van der Waals surface area contributed by atoms with Gasteiger partial charge < -0.3 is 14.6 Å². The van der Waals surface area contributed by atoms with E-state index in [1.54, 1.807) is 0 Å². The van der Waals surface area contributed by atoms with E-state index in [0.29, 0.717) is 12.6 Å². The molecule has 1 aromatic heterocycles. The Hall–Kier alpha value is -1.33. The van der Waals surface area contributed by atoms with Crippen molar-refractivity contribution in [3.05, 3.63) is 45.8 Å². The number of nitrogens with zero attached hydrogens (tertiary/aromatic N) is 1. The number of benzene rings is 1. The minimum atomic E-state index is 0.389. The van der Waals surface area contributed by atoms with Crippen molar-refractivity contribution in [3.63, 3.8) is 0 Å². The number of aromatic nitrogens is 1. The van der Waals surface area contributed by atoms with Gasteiger partial charge in [-0.15, -0.1) is 0 Å². The fraction of sp³-hybridized carbons (Fsp3) is 0.400. The Morgan fingerprint density at radius 3 is 3.00 bits per heavy atom. The molecule has 3 rings (SSSR count). The average Bonchev–Trinajstić information content (AvgIpc) is 3.17. The van der Waals surface area contributed by atoms with Crippen LogP contribution in [0.2, 0.25) is 0 Å². The van der Waals surface area contributed by atoms with Crippen molar-refractivity contribution < 1.29 is 9.26 Å². The van der Waals surface area contributed by atoms with Crippen molar-refractivity contribution in [2.75, 3.05) is 0 Å². The predicted octanol–water partition coefficient (Wildman–Crippen LogP) is 3.58. The van der Waals surface area contributed by atoms with Crippen LogP contribution in [0.15, 0.2) is 33.3 Å². The van der Waals surface area contributed by atoms with Crippen LogP contribution in [0.25, 0.3) is 0 Å². The lowest BCUT2D eigenvalue weighted by Crippen LogP contribution is -2.16. The second-order valence-electron chi connectivity index (χ2n) is 5.11. The molecule has 0 radical (unpaired) electrons. The highest BCUT2D eigenvalue weighted by molar-refractivity contribution is 9.10. The number of halogens is 1. The molecule has 0 saturated heterocycles. The zero-order valence-electron chi connectivity index (χ0n) is 11.4. The molecule has 0 unspecified atom stereocenters. The molecule has 1 fully saturated rings. The van der Waals surface area contributed by atoms with E-state index in [1.165, 1.54) is 12.8 Å². The van der Waals surface area contributed by atoms with Crippen LogP contribution in [0.1, 0.15) is 29.9 Å². The highest BCUT2D eigenvalue weighted by atomic mass is 79.9. The number of para-hydroxylation sites is 1. The van der Waals surface area contributed by atoms with Gasteiger partial charge in [0.2, 0.25) is 0 Å². The molecule has 20 heavy (non-hydrogen) atoms. The molecule has 4 nitrogen and oxygen atoms in total. The fourth-order valence-corrected chi connectivity index (χ4v) is 2.55. The molecule has 1 heterocycles. The maximum absolute atomic E-state index is 5.90. The van der Waals surface area contributed by atoms with Gasteiger partial charge in [-0.05, 0) is 41.8 Å². The van der Waals surface area contributed by atoms with Crippen LogP contribution in [-0.2, 0) is 13.2 Å². The van der Waals surface area contributed by atoms with E-state index in [0.717, 1.165) is 33.8 Å². The maximum Gasteiger partial charge on any atom is 0.174 e. The lowest BCUT2D eigenvalue weighted by molar-refractivity contribution is 0.245. The van der Waals surface area contributed by atoms with E-state index in [-0.39, 0.29) is 0 Å². The Kier molecular flexibility index (Phi) is 4.08. The van der Waals surface area contributed by atoms with E-state index < -0.39 is 0 Å². The van der Waals surface area contributed by atoms with E-state index >= 15 is 0 Å². The highest BCUT2D eigenvalue weighted by Crippen LogP contribution is 2.30. The fourth-order valence-electron chi connectivity index (χ4n) is 2.02. The summed E-state index contributed by atoms with van der Waals surface area (Å²) in [6.07, 6.45) is 2.56. The van der Waals surface area contributed by atoms with Crippen LogP contribution < -0.4 is 10.1 Å². The second kappa shape index (κ2) is 5.97. The Bertz CT molecular complexity index is 593. The average molecular weight is 337 g/mol. The molecule has 0 spiro atoms. The summed E-state index contributed by atoms with van der Waals surface area (Å²) in [5.41, 5.74) is 2.02. The first-order valence-electron chi connectivity index (χ1n) is 6.78. The van der Waals surface area contributed by atoms with Crippen LogP contribution in [0.3, 0.4) is 0 Å². The van der Waals surface area contributed by atoms with Gasteiger partial charge in [-0.25, -0.2) is 0 Å². The van der Waals surface area contributed by atoms with E-state index in [4.69, 9.17) is 9.26 Å². The van der Waals surface area contributed by atoms with E-state index in [1.807, 2.05) is 25.1 Å². The van der Waals surface area contributed by atoms with Crippen molar-refractivity contribution >= 4 is 15.9 Å². The SMILES string of the molecule is Cc1cc(COc2c(Br)cccc2CNC2CC2)on1. The van der Waals surface area contributed by atoms with Crippen molar-refractivity contribution in [2.24, 2.45) is 0 Å². The van der Waals surface area contributed by atoms with Crippen molar-refractivity contribution in [3.8, 4) is 5.75 Å². The number of aryl methyl sites for hydroxylation is 1. The second-order valence-corrected chi connectivity index (χ2v) is 5.96. The number of rotatable bonds is 6. The normalized spacial score (nSPS) is 14.5.